The maximum absolute atomic E-state index is 8.49. The Labute approximate surface area is 45.9 Å². The molecule has 0 atom stereocenters. The van der Waals surface area contributed by atoms with Crippen molar-refractivity contribution < 1.29 is 5.21 Å². The van der Waals surface area contributed by atoms with Crippen molar-refractivity contribution in [2.45, 2.75) is 0 Å². The molecule has 0 fully saturated rings. The predicted molar refractivity (Wildman–Crippen MR) is 26.6 cm³/mol. The topological polar surface area (TPSA) is 25.2 Å². The summed E-state index contributed by atoms with van der Waals surface area (Å²) in [6.45, 7) is 0. The highest BCUT2D eigenvalue weighted by Gasteiger charge is 1.84. The van der Waals surface area contributed by atoms with E-state index in [2.05, 4.69) is 0 Å². The first-order valence-corrected chi connectivity index (χ1v) is 2.19. The average Bonchev–Trinajstić information content (AvgIpc) is 1.87. The molecule has 0 radical (unpaired) electrons. The van der Waals surface area contributed by atoms with E-state index in [4.69, 9.17) is 16.8 Å². The van der Waals surface area contributed by atoms with E-state index in [0.717, 1.165) is 4.73 Å². The Morgan fingerprint density at radius 3 is 2.57 bits per heavy atom. The van der Waals surface area contributed by atoms with E-state index in [1.54, 1.807) is 6.07 Å². The second-order valence-electron chi connectivity index (χ2n) is 1.21. The van der Waals surface area contributed by atoms with E-state index in [1.165, 1.54) is 12.4 Å². The standard InChI is InChI=1S/C4H4ClNO/c5-4-1-2-6(7)3-4/h1-3,7H. The lowest BCUT2D eigenvalue weighted by atomic mass is 10.7. The van der Waals surface area contributed by atoms with Crippen molar-refractivity contribution in [2.75, 3.05) is 0 Å². The third kappa shape index (κ3) is 0.871. The van der Waals surface area contributed by atoms with Gasteiger partial charge >= 0.3 is 0 Å². The third-order valence-electron chi connectivity index (χ3n) is 0.642. The lowest BCUT2D eigenvalue weighted by molar-refractivity contribution is 0.187. The highest BCUT2D eigenvalue weighted by Crippen LogP contribution is 2.04. The Bertz CT molecular complexity index is 144. The van der Waals surface area contributed by atoms with Crippen LogP contribution in [-0.4, -0.2) is 9.94 Å². The minimum absolute atomic E-state index is 0.544. The monoisotopic (exact) mass is 117 g/mol. The van der Waals surface area contributed by atoms with Crippen LogP contribution in [0.5, 0.6) is 0 Å². The van der Waals surface area contributed by atoms with Crippen molar-refractivity contribution >= 4 is 11.6 Å². The highest BCUT2D eigenvalue weighted by molar-refractivity contribution is 6.30. The molecule has 1 heterocycles. The summed E-state index contributed by atoms with van der Waals surface area (Å²) in [5.74, 6) is 0. The molecule has 0 aliphatic rings. The normalized spacial score (nSPS) is 9.29. The van der Waals surface area contributed by atoms with Crippen LogP contribution in [0.4, 0.5) is 0 Å². The Kier molecular flexibility index (Phi) is 0.947. The molecule has 0 bridgehead atoms. The molecule has 0 amide bonds. The van der Waals surface area contributed by atoms with Crippen molar-refractivity contribution in [1.82, 2.24) is 4.73 Å². The number of hydrogen-bond donors (Lipinski definition) is 1. The number of rotatable bonds is 0. The molecular weight excluding hydrogens is 114 g/mol. The molecule has 1 aromatic heterocycles. The summed E-state index contributed by atoms with van der Waals surface area (Å²) in [6.07, 6.45) is 2.86. The SMILES string of the molecule is On1ccc(Cl)c1. The second kappa shape index (κ2) is 1.46. The molecule has 0 unspecified atom stereocenters. The molecule has 1 aromatic rings. The van der Waals surface area contributed by atoms with Crippen molar-refractivity contribution in [3.05, 3.63) is 23.5 Å². The Balaban J connectivity index is 3.04. The molecule has 2 nitrogen and oxygen atoms in total. The maximum atomic E-state index is 8.49. The first kappa shape index (κ1) is 4.53. The van der Waals surface area contributed by atoms with Gasteiger partial charge in [0.1, 0.15) is 0 Å². The molecule has 3 heteroatoms. The van der Waals surface area contributed by atoms with Crippen LogP contribution in [0.25, 0.3) is 0 Å². The van der Waals surface area contributed by atoms with Gasteiger partial charge in [0, 0.05) is 6.20 Å². The zero-order valence-electron chi connectivity index (χ0n) is 3.50. The van der Waals surface area contributed by atoms with Crippen LogP contribution in [0.15, 0.2) is 18.5 Å². The van der Waals surface area contributed by atoms with Crippen LogP contribution < -0.4 is 0 Å². The molecule has 0 spiro atoms. The number of aromatic nitrogens is 1. The zero-order chi connectivity index (χ0) is 5.28. The summed E-state index contributed by atoms with van der Waals surface area (Å²) in [4.78, 5) is 0. The van der Waals surface area contributed by atoms with Crippen LogP contribution in [0.1, 0.15) is 0 Å². The van der Waals surface area contributed by atoms with Crippen LogP contribution in [0.2, 0.25) is 5.02 Å². The minimum Gasteiger partial charge on any atom is -0.429 e. The van der Waals surface area contributed by atoms with E-state index >= 15 is 0 Å². The number of hydrogen-bond acceptors (Lipinski definition) is 1. The molecule has 0 aliphatic carbocycles. The molecule has 0 aliphatic heterocycles. The van der Waals surface area contributed by atoms with Gasteiger partial charge in [-0.25, -0.2) is 4.73 Å². The van der Waals surface area contributed by atoms with E-state index in [9.17, 15) is 0 Å². The lowest BCUT2D eigenvalue weighted by Crippen LogP contribution is -1.78. The average molecular weight is 118 g/mol. The minimum atomic E-state index is 0.544. The van der Waals surface area contributed by atoms with Gasteiger partial charge in [0.25, 0.3) is 0 Å². The van der Waals surface area contributed by atoms with Gasteiger partial charge in [-0.15, -0.1) is 0 Å². The molecular formula is C4H4ClNO. The summed E-state index contributed by atoms with van der Waals surface area (Å²) in [6, 6.07) is 1.60. The van der Waals surface area contributed by atoms with Crippen molar-refractivity contribution in [1.29, 1.82) is 0 Å². The first-order valence-electron chi connectivity index (χ1n) is 1.82. The fraction of sp³-hybridized carbons (Fsp3) is 0. The fourth-order valence-electron chi connectivity index (χ4n) is 0.360. The quantitative estimate of drug-likeness (QED) is 0.511. The van der Waals surface area contributed by atoms with Gasteiger partial charge in [-0.3, -0.25) is 0 Å². The van der Waals surface area contributed by atoms with Crippen LogP contribution in [-0.2, 0) is 0 Å². The summed E-state index contributed by atoms with van der Waals surface area (Å²) >= 11 is 5.38. The largest absolute Gasteiger partial charge is 0.429 e. The van der Waals surface area contributed by atoms with Gasteiger partial charge in [0.05, 0.1) is 11.2 Å². The van der Waals surface area contributed by atoms with Gasteiger partial charge < -0.3 is 5.21 Å². The first-order chi connectivity index (χ1) is 3.29. The van der Waals surface area contributed by atoms with E-state index in [1.807, 2.05) is 0 Å². The Hall–Kier alpha value is -0.630. The fourth-order valence-corrected chi connectivity index (χ4v) is 0.516. The molecule has 38 valence electrons. The van der Waals surface area contributed by atoms with Crippen LogP contribution in [0.3, 0.4) is 0 Å². The van der Waals surface area contributed by atoms with Gasteiger partial charge in [-0.1, -0.05) is 11.6 Å². The molecule has 1 rings (SSSR count). The summed E-state index contributed by atoms with van der Waals surface area (Å²) < 4.78 is 0.905. The summed E-state index contributed by atoms with van der Waals surface area (Å²) in [5.41, 5.74) is 0. The Morgan fingerprint density at radius 2 is 2.43 bits per heavy atom. The second-order valence-corrected chi connectivity index (χ2v) is 1.65. The van der Waals surface area contributed by atoms with Crippen molar-refractivity contribution in [3.8, 4) is 0 Å². The molecule has 7 heavy (non-hydrogen) atoms. The number of nitrogens with zero attached hydrogens (tertiary/aromatic N) is 1. The van der Waals surface area contributed by atoms with Gasteiger partial charge in [0.2, 0.25) is 0 Å². The van der Waals surface area contributed by atoms with Gasteiger partial charge in [-0.2, -0.15) is 0 Å². The predicted octanol–water partition coefficient (Wildman–Crippen LogP) is 1.38. The van der Waals surface area contributed by atoms with E-state index < -0.39 is 0 Å². The number of halogens is 1. The maximum Gasteiger partial charge on any atom is 0.0619 e. The Morgan fingerprint density at radius 1 is 1.71 bits per heavy atom. The molecule has 0 saturated carbocycles. The summed E-state index contributed by atoms with van der Waals surface area (Å²) in [5, 5.41) is 9.03. The molecule has 0 aromatic carbocycles. The third-order valence-corrected chi connectivity index (χ3v) is 0.866. The lowest BCUT2D eigenvalue weighted by Gasteiger charge is -1.80. The van der Waals surface area contributed by atoms with Crippen LogP contribution in [0, 0.1) is 0 Å². The van der Waals surface area contributed by atoms with Crippen molar-refractivity contribution in [2.24, 2.45) is 0 Å². The molecule has 0 saturated heterocycles. The summed E-state index contributed by atoms with van der Waals surface area (Å²) in [7, 11) is 0. The van der Waals surface area contributed by atoms with Gasteiger partial charge in [0.15, 0.2) is 0 Å². The van der Waals surface area contributed by atoms with Crippen LogP contribution >= 0.6 is 11.6 Å². The molecule has 1 N–H and O–H groups in total. The highest BCUT2D eigenvalue weighted by atomic mass is 35.5. The zero-order valence-corrected chi connectivity index (χ0v) is 4.26. The van der Waals surface area contributed by atoms with Crippen molar-refractivity contribution in [3.63, 3.8) is 0 Å². The smallest absolute Gasteiger partial charge is 0.0619 e. The van der Waals surface area contributed by atoms with E-state index in [0.29, 0.717) is 5.02 Å². The van der Waals surface area contributed by atoms with Gasteiger partial charge in [-0.05, 0) is 6.07 Å². The van der Waals surface area contributed by atoms with E-state index in [-0.39, 0.29) is 0 Å².